The molecule has 2 N–H and O–H groups in total. The van der Waals surface area contributed by atoms with Crippen LogP contribution in [0.1, 0.15) is 20.8 Å². The van der Waals surface area contributed by atoms with Gasteiger partial charge in [-0.15, -0.1) is 0 Å². The van der Waals surface area contributed by atoms with Gasteiger partial charge in [0.1, 0.15) is 9.79 Å². The van der Waals surface area contributed by atoms with Gasteiger partial charge in [0.25, 0.3) is 20.2 Å². The Labute approximate surface area is 148 Å². The minimum absolute atomic E-state index is 0.0233. The van der Waals surface area contributed by atoms with Gasteiger partial charge in [-0.2, -0.15) is 16.8 Å². The molecule has 0 bridgehead atoms. The Morgan fingerprint density at radius 2 is 1.04 bits per heavy atom. The second-order valence-corrected chi connectivity index (χ2v) is 7.96. The molecular weight excluding hydrogens is 366 g/mol. The molecule has 0 fully saturated rings. The summed E-state index contributed by atoms with van der Waals surface area (Å²) in [5.74, 6) is 0. The monoisotopic (exact) mass is 389 g/mol. The SMILES string of the molecule is CCN(CC)CC.O=S(=O)(O)c1cccc2c(S(=O)(=O)O)cccc12. The summed E-state index contributed by atoms with van der Waals surface area (Å²) in [7, 11) is -8.94. The van der Waals surface area contributed by atoms with E-state index in [0.717, 1.165) is 12.1 Å². The van der Waals surface area contributed by atoms with Gasteiger partial charge in [-0.3, -0.25) is 9.11 Å². The molecule has 2 rings (SSSR count). The van der Waals surface area contributed by atoms with Crippen LogP contribution in [0.25, 0.3) is 10.8 Å². The zero-order chi connectivity index (χ0) is 19.3. The topological polar surface area (TPSA) is 112 Å². The number of rotatable bonds is 5. The second kappa shape index (κ2) is 8.72. The van der Waals surface area contributed by atoms with E-state index in [-0.39, 0.29) is 10.8 Å². The predicted octanol–water partition coefficient (Wildman–Crippen LogP) is 2.68. The Balaban J connectivity index is 0.000000381. The number of hydrogen-bond acceptors (Lipinski definition) is 5. The zero-order valence-corrected chi connectivity index (χ0v) is 16.0. The van der Waals surface area contributed by atoms with Gasteiger partial charge in [0.05, 0.1) is 0 Å². The fraction of sp³-hybridized carbons (Fsp3) is 0.375. The molecule has 9 heteroatoms. The van der Waals surface area contributed by atoms with E-state index < -0.39 is 30.0 Å². The first-order chi connectivity index (χ1) is 11.6. The molecule has 0 atom stereocenters. The molecule has 0 amide bonds. The van der Waals surface area contributed by atoms with Gasteiger partial charge < -0.3 is 4.90 Å². The maximum Gasteiger partial charge on any atom is 0.295 e. The molecule has 140 valence electrons. The largest absolute Gasteiger partial charge is 0.304 e. The first-order valence-electron chi connectivity index (χ1n) is 7.75. The number of hydrogen-bond donors (Lipinski definition) is 2. The summed E-state index contributed by atoms with van der Waals surface area (Å²) in [5, 5.41) is 0.0465. The molecule has 0 aliphatic rings. The first-order valence-corrected chi connectivity index (χ1v) is 10.6. The van der Waals surface area contributed by atoms with Gasteiger partial charge >= 0.3 is 0 Å². The van der Waals surface area contributed by atoms with E-state index in [2.05, 4.69) is 25.7 Å². The van der Waals surface area contributed by atoms with Crippen LogP contribution in [0.4, 0.5) is 0 Å². The minimum Gasteiger partial charge on any atom is -0.304 e. The average Bonchev–Trinajstić information content (AvgIpc) is 2.54. The molecule has 0 spiro atoms. The number of fused-ring (bicyclic) bond motifs is 1. The third kappa shape index (κ3) is 5.75. The van der Waals surface area contributed by atoms with Gasteiger partial charge in [0.2, 0.25) is 0 Å². The lowest BCUT2D eigenvalue weighted by Gasteiger charge is -2.13. The number of benzene rings is 2. The van der Waals surface area contributed by atoms with Gasteiger partial charge in [-0.05, 0) is 31.8 Å². The lowest BCUT2D eigenvalue weighted by atomic mass is 10.1. The Kier molecular flexibility index (Phi) is 7.51. The van der Waals surface area contributed by atoms with Crippen molar-refractivity contribution < 1.29 is 25.9 Å². The van der Waals surface area contributed by atoms with E-state index in [9.17, 15) is 16.8 Å². The molecule has 7 nitrogen and oxygen atoms in total. The van der Waals surface area contributed by atoms with Crippen LogP contribution < -0.4 is 0 Å². The van der Waals surface area contributed by atoms with Crippen molar-refractivity contribution in [2.24, 2.45) is 0 Å². The second-order valence-electron chi connectivity index (χ2n) is 5.18. The van der Waals surface area contributed by atoms with Crippen LogP contribution in [0.15, 0.2) is 46.2 Å². The van der Waals surface area contributed by atoms with Crippen molar-refractivity contribution in [3.8, 4) is 0 Å². The van der Waals surface area contributed by atoms with Crippen LogP contribution in [-0.4, -0.2) is 50.5 Å². The summed E-state index contributed by atoms with van der Waals surface area (Å²) in [5.41, 5.74) is 0. The molecule has 0 heterocycles. The summed E-state index contributed by atoms with van der Waals surface area (Å²) in [6.07, 6.45) is 0. The van der Waals surface area contributed by atoms with Crippen molar-refractivity contribution in [1.82, 2.24) is 4.90 Å². The van der Waals surface area contributed by atoms with Crippen LogP contribution in [-0.2, 0) is 20.2 Å². The maximum absolute atomic E-state index is 11.2. The van der Waals surface area contributed by atoms with Crippen LogP contribution >= 0.6 is 0 Å². The summed E-state index contributed by atoms with van der Waals surface area (Å²) in [6, 6.07) is 7.53. The quantitative estimate of drug-likeness (QED) is 0.756. The highest BCUT2D eigenvalue weighted by Crippen LogP contribution is 2.27. The van der Waals surface area contributed by atoms with E-state index in [4.69, 9.17) is 9.11 Å². The lowest BCUT2D eigenvalue weighted by molar-refractivity contribution is 0.321. The van der Waals surface area contributed by atoms with E-state index in [1.54, 1.807) is 0 Å². The summed E-state index contributed by atoms with van der Waals surface area (Å²) >= 11 is 0. The van der Waals surface area contributed by atoms with Crippen molar-refractivity contribution in [3.63, 3.8) is 0 Å². The molecule has 0 radical (unpaired) electrons. The third-order valence-electron chi connectivity index (χ3n) is 3.74. The van der Waals surface area contributed by atoms with Crippen LogP contribution in [0.2, 0.25) is 0 Å². The summed E-state index contributed by atoms with van der Waals surface area (Å²) in [4.78, 5) is 1.55. The molecule has 0 saturated carbocycles. The minimum atomic E-state index is -4.47. The van der Waals surface area contributed by atoms with E-state index in [1.165, 1.54) is 43.9 Å². The zero-order valence-electron chi connectivity index (χ0n) is 14.4. The van der Waals surface area contributed by atoms with Crippen molar-refractivity contribution in [2.45, 2.75) is 30.6 Å². The van der Waals surface area contributed by atoms with Crippen LogP contribution in [0.3, 0.4) is 0 Å². The van der Waals surface area contributed by atoms with E-state index in [1.807, 2.05) is 0 Å². The van der Waals surface area contributed by atoms with E-state index >= 15 is 0 Å². The van der Waals surface area contributed by atoms with Gasteiger partial charge in [-0.25, -0.2) is 0 Å². The standard InChI is InChI=1S/C10H8O6S2.C6H15N/c11-17(12,13)9-5-1-3-7-8(9)4-2-6-10(7)18(14,15)16;1-4-7(5-2)6-3/h1-6H,(H,11,12,13)(H,14,15,16);4-6H2,1-3H3. The lowest BCUT2D eigenvalue weighted by Crippen LogP contribution is -2.21. The van der Waals surface area contributed by atoms with Gasteiger partial charge in [0, 0.05) is 10.8 Å². The fourth-order valence-electron chi connectivity index (χ4n) is 2.37. The highest BCUT2D eigenvalue weighted by Gasteiger charge is 2.18. The Hall–Kier alpha value is -1.52. The van der Waals surface area contributed by atoms with Crippen molar-refractivity contribution in [3.05, 3.63) is 36.4 Å². The van der Waals surface area contributed by atoms with E-state index in [0.29, 0.717) is 0 Å². The van der Waals surface area contributed by atoms with Gasteiger partial charge in [0.15, 0.2) is 0 Å². The highest BCUT2D eigenvalue weighted by atomic mass is 32.2. The summed E-state index contributed by atoms with van der Waals surface area (Å²) in [6.45, 7) is 10.1. The molecule has 0 aliphatic heterocycles. The normalized spacial score (nSPS) is 12.1. The molecule has 2 aromatic carbocycles. The Morgan fingerprint density at radius 3 is 1.24 bits per heavy atom. The van der Waals surface area contributed by atoms with Crippen molar-refractivity contribution in [1.29, 1.82) is 0 Å². The molecule has 2 aromatic rings. The van der Waals surface area contributed by atoms with Crippen LogP contribution in [0, 0.1) is 0 Å². The molecular formula is C16H23NO6S2. The first kappa shape index (κ1) is 21.5. The number of nitrogens with zero attached hydrogens (tertiary/aromatic N) is 1. The molecule has 0 aromatic heterocycles. The predicted molar refractivity (Wildman–Crippen MR) is 97.0 cm³/mol. The maximum atomic E-state index is 11.2. The smallest absolute Gasteiger partial charge is 0.295 e. The Bertz CT molecular complexity index is 842. The highest BCUT2D eigenvalue weighted by molar-refractivity contribution is 7.86. The van der Waals surface area contributed by atoms with Gasteiger partial charge in [-0.1, -0.05) is 45.0 Å². The molecule has 0 saturated heterocycles. The van der Waals surface area contributed by atoms with Crippen LogP contribution in [0.5, 0.6) is 0 Å². The summed E-state index contributed by atoms with van der Waals surface area (Å²) < 4.78 is 62.7. The molecule has 0 unspecified atom stereocenters. The Morgan fingerprint density at radius 1 is 0.720 bits per heavy atom. The van der Waals surface area contributed by atoms with Crippen molar-refractivity contribution in [2.75, 3.05) is 19.6 Å². The average molecular weight is 389 g/mol. The molecule has 25 heavy (non-hydrogen) atoms. The fourth-order valence-corrected chi connectivity index (χ4v) is 3.79. The molecule has 0 aliphatic carbocycles. The third-order valence-corrected chi connectivity index (χ3v) is 5.56. The van der Waals surface area contributed by atoms with Crippen molar-refractivity contribution >= 4 is 31.0 Å².